The lowest BCUT2D eigenvalue weighted by atomic mass is 9.85. The van der Waals surface area contributed by atoms with Crippen LogP contribution in [0.15, 0.2) is 27.5 Å². The average molecular weight is 308 g/mol. The number of oxazole rings is 1. The van der Waals surface area contributed by atoms with E-state index >= 15 is 0 Å². The third-order valence-corrected chi connectivity index (χ3v) is 5.54. The van der Waals surface area contributed by atoms with E-state index in [1.165, 1.54) is 12.1 Å². The monoisotopic (exact) mass is 308 g/mol. The molecule has 0 atom stereocenters. The Morgan fingerprint density at radius 2 is 2.19 bits per heavy atom. The van der Waals surface area contributed by atoms with E-state index in [4.69, 9.17) is 4.42 Å². The summed E-state index contributed by atoms with van der Waals surface area (Å²) in [5.41, 5.74) is 0.877. The molecule has 1 saturated carbocycles. The Balaban J connectivity index is 1.88. The third kappa shape index (κ3) is 2.65. The summed E-state index contributed by atoms with van der Waals surface area (Å²) in [5.74, 6) is -0.0213. The van der Waals surface area contributed by atoms with E-state index in [-0.39, 0.29) is 28.5 Å². The molecule has 1 aliphatic rings. The van der Waals surface area contributed by atoms with E-state index in [1.807, 2.05) is 0 Å². The first-order valence-electron chi connectivity index (χ1n) is 6.94. The van der Waals surface area contributed by atoms with E-state index in [2.05, 4.69) is 10.3 Å². The molecule has 0 aliphatic heterocycles. The highest BCUT2D eigenvalue weighted by Gasteiger charge is 2.26. The Bertz CT molecular complexity index is 790. The topological polar surface area (TPSA) is 89.3 Å². The second-order valence-corrected chi connectivity index (χ2v) is 7.45. The maximum atomic E-state index is 11.8. The van der Waals surface area contributed by atoms with Crippen LogP contribution in [0.25, 0.3) is 11.1 Å². The van der Waals surface area contributed by atoms with Gasteiger partial charge in [0.25, 0.3) is 0 Å². The summed E-state index contributed by atoms with van der Waals surface area (Å²) in [4.78, 5) is 16.2. The predicted octanol–water partition coefficient (Wildman–Crippen LogP) is 2.36. The van der Waals surface area contributed by atoms with Gasteiger partial charge < -0.3 is 4.42 Å². The second kappa shape index (κ2) is 5.14. The van der Waals surface area contributed by atoms with Crippen LogP contribution < -0.4 is 5.32 Å². The van der Waals surface area contributed by atoms with Crippen molar-refractivity contribution in [2.45, 2.75) is 31.1 Å². The molecular formula is C14H16N2O4S. The van der Waals surface area contributed by atoms with Crippen LogP contribution >= 0.6 is 0 Å². The van der Waals surface area contributed by atoms with E-state index < -0.39 is 9.84 Å². The second-order valence-electron chi connectivity index (χ2n) is 5.17. The highest BCUT2D eigenvalue weighted by atomic mass is 32.2. The largest absolute Gasteiger partial charge is 0.423 e. The highest BCUT2D eigenvalue weighted by molar-refractivity contribution is 7.91. The van der Waals surface area contributed by atoms with E-state index in [1.54, 1.807) is 13.0 Å². The van der Waals surface area contributed by atoms with Gasteiger partial charge in [0.15, 0.2) is 15.4 Å². The quantitative estimate of drug-likeness (QED) is 0.936. The number of sulfone groups is 1. The van der Waals surface area contributed by atoms with Gasteiger partial charge in [0, 0.05) is 5.92 Å². The van der Waals surface area contributed by atoms with Gasteiger partial charge in [0.1, 0.15) is 5.52 Å². The molecule has 1 amide bonds. The number of rotatable bonds is 4. The molecule has 0 bridgehead atoms. The zero-order valence-electron chi connectivity index (χ0n) is 11.6. The van der Waals surface area contributed by atoms with Crippen LogP contribution in [0.4, 0.5) is 6.01 Å². The molecule has 1 aliphatic carbocycles. The first kappa shape index (κ1) is 14.1. The average Bonchev–Trinajstić information content (AvgIpc) is 2.77. The smallest absolute Gasteiger partial charge is 0.302 e. The van der Waals surface area contributed by atoms with Gasteiger partial charge in [-0.25, -0.2) is 8.42 Å². The van der Waals surface area contributed by atoms with Crippen molar-refractivity contribution in [2.24, 2.45) is 5.92 Å². The van der Waals surface area contributed by atoms with Crippen LogP contribution in [0, 0.1) is 5.92 Å². The molecule has 6 nitrogen and oxygen atoms in total. The maximum absolute atomic E-state index is 11.8. The number of carbonyl (C=O) groups excluding carboxylic acids is 1. The van der Waals surface area contributed by atoms with Gasteiger partial charge in [-0.3, -0.25) is 10.1 Å². The Morgan fingerprint density at radius 3 is 2.81 bits per heavy atom. The number of carbonyl (C=O) groups is 1. The Morgan fingerprint density at radius 1 is 1.43 bits per heavy atom. The van der Waals surface area contributed by atoms with E-state index in [0.717, 1.165) is 19.3 Å². The fourth-order valence-electron chi connectivity index (χ4n) is 2.20. The number of benzene rings is 1. The molecule has 3 rings (SSSR count). The molecule has 0 saturated heterocycles. The van der Waals surface area contributed by atoms with E-state index in [0.29, 0.717) is 11.1 Å². The number of hydrogen-bond donors (Lipinski definition) is 1. The summed E-state index contributed by atoms with van der Waals surface area (Å²) in [6, 6.07) is 4.64. The number of nitrogens with one attached hydrogen (secondary N) is 1. The standard InChI is InChI=1S/C14H16N2O4S/c1-2-21(18,19)10-6-7-12-11(8-10)15-14(20-12)16-13(17)9-4-3-5-9/h6-9H,2-5H2,1H3,(H,15,16,17). The third-order valence-electron chi connectivity index (χ3n) is 3.80. The van der Waals surface area contributed by atoms with Gasteiger partial charge in [-0.05, 0) is 31.0 Å². The molecule has 0 radical (unpaired) electrons. The van der Waals surface area contributed by atoms with Crippen molar-refractivity contribution < 1.29 is 17.6 Å². The van der Waals surface area contributed by atoms with Crippen LogP contribution in [0.2, 0.25) is 0 Å². The summed E-state index contributed by atoms with van der Waals surface area (Å²) < 4.78 is 29.1. The SMILES string of the molecule is CCS(=O)(=O)c1ccc2oc(NC(=O)C3CCC3)nc2c1. The minimum Gasteiger partial charge on any atom is -0.423 e. The predicted molar refractivity (Wildman–Crippen MR) is 77.7 cm³/mol. The van der Waals surface area contributed by atoms with Crippen molar-refractivity contribution >= 4 is 32.9 Å². The lowest BCUT2D eigenvalue weighted by Crippen LogP contribution is -2.28. The molecule has 7 heteroatoms. The molecule has 1 fully saturated rings. The molecule has 1 aromatic heterocycles. The molecule has 2 aromatic rings. The molecule has 0 spiro atoms. The van der Waals surface area contributed by atoms with Crippen molar-refractivity contribution in [2.75, 3.05) is 11.1 Å². The summed E-state index contributed by atoms with van der Waals surface area (Å²) >= 11 is 0. The summed E-state index contributed by atoms with van der Waals surface area (Å²) in [6.45, 7) is 1.59. The van der Waals surface area contributed by atoms with Gasteiger partial charge >= 0.3 is 6.01 Å². The number of hydrogen-bond acceptors (Lipinski definition) is 5. The Labute approximate surface area is 122 Å². The molecular weight excluding hydrogens is 292 g/mol. The van der Waals surface area contributed by atoms with Gasteiger partial charge in [0.2, 0.25) is 5.91 Å². The number of fused-ring (bicyclic) bond motifs is 1. The Kier molecular flexibility index (Phi) is 3.44. The van der Waals surface area contributed by atoms with Gasteiger partial charge in [-0.2, -0.15) is 4.98 Å². The fraction of sp³-hybridized carbons (Fsp3) is 0.429. The van der Waals surface area contributed by atoms with Gasteiger partial charge in [-0.15, -0.1) is 0 Å². The first-order valence-corrected chi connectivity index (χ1v) is 8.59. The van der Waals surface area contributed by atoms with Crippen molar-refractivity contribution in [3.63, 3.8) is 0 Å². The highest BCUT2D eigenvalue weighted by Crippen LogP contribution is 2.28. The number of anilines is 1. The lowest BCUT2D eigenvalue weighted by molar-refractivity contribution is -0.122. The van der Waals surface area contributed by atoms with Gasteiger partial charge in [0.05, 0.1) is 10.6 Å². The minimum absolute atomic E-state index is 0.0294. The molecule has 21 heavy (non-hydrogen) atoms. The fourth-order valence-corrected chi connectivity index (χ4v) is 3.10. The molecule has 1 heterocycles. The van der Waals surface area contributed by atoms with Gasteiger partial charge in [-0.1, -0.05) is 13.3 Å². The van der Waals surface area contributed by atoms with Crippen LogP contribution in [-0.4, -0.2) is 25.1 Å². The minimum atomic E-state index is -3.28. The normalized spacial score (nSPS) is 15.9. The van der Waals surface area contributed by atoms with Crippen molar-refractivity contribution in [3.8, 4) is 0 Å². The summed E-state index contributed by atoms with van der Waals surface area (Å²) in [5, 5.41) is 2.64. The summed E-state index contributed by atoms with van der Waals surface area (Å²) in [7, 11) is -3.28. The maximum Gasteiger partial charge on any atom is 0.302 e. The lowest BCUT2D eigenvalue weighted by Gasteiger charge is -2.22. The number of aromatic nitrogens is 1. The zero-order chi connectivity index (χ0) is 15.0. The Hall–Kier alpha value is -1.89. The van der Waals surface area contributed by atoms with Crippen LogP contribution in [0.1, 0.15) is 26.2 Å². The van der Waals surface area contributed by atoms with Crippen LogP contribution in [0.3, 0.4) is 0 Å². The van der Waals surface area contributed by atoms with E-state index in [9.17, 15) is 13.2 Å². The molecule has 1 N–H and O–H groups in total. The van der Waals surface area contributed by atoms with Crippen molar-refractivity contribution in [3.05, 3.63) is 18.2 Å². The van der Waals surface area contributed by atoms with Crippen LogP contribution in [-0.2, 0) is 14.6 Å². The van der Waals surface area contributed by atoms with Crippen LogP contribution in [0.5, 0.6) is 0 Å². The number of nitrogens with zero attached hydrogens (tertiary/aromatic N) is 1. The zero-order valence-corrected chi connectivity index (χ0v) is 12.4. The summed E-state index contributed by atoms with van der Waals surface area (Å²) in [6.07, 6.45) is 2.86. The van der Waals surface area contributed by atoms with Crippen molar-refractivity contribution in [1.82, 2.24) is 4.98 Å². The molecule has 112 valence electrons. The molecule has 0 unspecified atom stereocenters. The number of amides is 1. The molecule has 1 aromatic carbocycles. The van der Waals surface area contributed by atoms with Crippen molar-refractivity contribution in [1.29, 1.82) is 0 Å². The first-order chi connectivity index (χ1) is 9.99.